The largest absolute Gasteiger partial charge is 0.328 e. The van der Waals surface area contributed by atoms with Crippen LogP contribution in [0.4, 0.5) is 11.5 Å². The molecule has 0 bridgehead atoms. The molecule has 1 aliphatic rings. The number of nitrogens with zero attached hydrogens (tertiary/aromatic N) is 2. The van der Waals surface area contributed by atoms with Gasteiger partial charge in [0, 0.05) is 24.2 Å². The van der Waals surface area contributed by atoms with Crippen molar-refractivity contribution in [2.75, 3.05) is 18.2 Å². The maximum atomic E-state index is 12.3. The molecule has 6 heteroatoms. The Hall–Kier alpha value is -1.04. The molecular weight excluding hydrogens is 300 g/mol. The SMILES string of the molecule is CSc1nc2c(s1)C(=O)Cc1cc(Cl)ccc1N2C. The third-order valence-electron chi connectivity index (χ3n) is 3.09. The van der Waals surface area contributed by atoms with Gasteiger partial charge in [-0.2, -0.15) is 0 Å². The number of carbonyl (C=O) groups excluding carboxylic acids is 1. The van der Waals surface area contributed by atoms with E-state index in [2.05, 4.69) is 4.98 Å². The molecule has 19 heavy (non-hydrogen) atoms. The standard InChI is InChI=1S/C13H11ClN2OS2/c1-16-9-4-3-8(14)5-7(9)6-10(17)11-12(16)15-13(18-2)19-11/h3-5H,6H2,1-2H3. The lowest BCUT2D eigenvalue weighted by atomic mass is 10.1. The molecule has 0 fully saturated rings. The van der Waals surface area contributed by atoms with Crippen LogP contribution >= 0.6 is 34.7 Å². The van der Waals surface area contributed by atoms with Crippen LogP contribution in [0.1, 0.15) is 15.2 Å². The summed E-state index contributed by atoms with van der Waals surface area (Å²) in [4.78, 5) is 19.6. The number of anilines is 2. The molecule has 1 aromatic carbocycles. The molecule has 3 rings (SSSR count). The molecule has 0 radical (unpaired) electrons. The molecule has 2 aromatic rings. The maximum Gasteiger partial charge on any atom is 0.181 e. The number of fused-ring (bicyclic) bond motifs is 2. The lowest BCUT2D eigenvalue weighted by Gasteiger charge is -2.18. The number of aromatic nitrogens is 1. The Kier molecular flexibility index (Phi) is 3.28. The van der Waals surface area contributed by atoms with Crippen molar-refractivity contribution in [3.8, 4) is 0 Å². The van der Waals surface area contributed by atoms with Gasteiger partial charge in [0.25, 0.3) is 0 Å². The quantitative estimate of drug-likeness (QED) is 0.745. The van der Waals surface area contributed by atoms with Gasteiger partial charge in [-0.1, -0.05) is 23.4 Å². The number of ketones is 1. The van der Waals surface area contributed by atoms with Gasteiger partial charge in [0.2, 0.25) is 0 Å². The Bertz CT molecular complexity index is 669. The highest BCUT2D eigenvalue weighted by molar-refractivity contribution is 8.00. The van der Waals surface area contributed by atoms with Crippen LogP contribution in [0.15, 0.2) is 22.5 Å². The molecule has 3 nitrogen and oxygen atoms in total. The van der Waals surface area contributed by atoms with Crippen molar-refractivity contribution < 1.29 is 4.79 Å². The Morgan fingerprint density at radius 2 is 2.26 bits per heavy atom. The Morgan fingerprint density at radius 1 is 1.47 bits per heavy atom. The molecule has 0 unspecified atom stereocenters. The van der Waals surface area contributed by atoms with Crippen LogP contribution in [0, 0.1) is 0 Å². The van der Waals surface area contributed by atoms with E-state index in [9.17, 15) is 4.79 Å². The first-order valence-electron chi connectivity index (χ1n) is 5.70. The molecule has 0 aliphatic carbocycles. The molecule has 0 saturated carbocycles. The summed E-state index contributed by atoms with van der Waals surface area (Å²) in [6, 6.07) is 5.64. The van der Waals surface area contributed by atoms with Crippen LogP contribution in [0.25, 0.3) is 0 Å². The smallest absolute Gasteiger partial charge is 0.181 e. The second-order valence-corrected chi connectivity index (χ2v) is 6.76. The first-order chi connectivity index (χ1) is 9.10. The van der Waals surface area contributed by atoms with Crippen LogP contribution < -0.4 is 4.90 Å². The second kappa shape index (κ2) is 4.81. The fourth-order valence-electron chi connectivity index (χ4n) is 2.18. The number of Topliss-reactive ketones (excluding diaryl/α,β-unsaturated/α-hetero) is 1. The third kappa shape index (κ3) is 2.16. The van der Waals surface area contributed by atoms with Gasteiger partial charge in [-0.15, -0.1) is 11.3 Å². The van der Waals surface area contributed by atoms with E-state index in [1.807, 2.05) is 36.4 Å². The highest BCUT2D eigenvalue weighted by Crippen LogP contribution is 2.39. The summed E-state index contributed by atoms with van der Waals surface area (Å²) in [7, 11) is 1.94. The molecule has 2 heterocycles. The van der Waals surface area contributed by atoms with Crippen molar-refractivity contribution in [3.05, 3.63) is 33.7 Å². The minimum Gasteiger partial charge on any atom is -0.328 e. The molecule has 1 aliphatic heterocycles. The minimum absolute atomic E-state index is 0.112. The summed E-state index contributed by atoms with van der Waals surface area (Å²) in [5.41, 5.74) is 1.95. The highest BCUT2D eigenvalue weighted by atomic mass is 35.5. The summed E-state index contributed by atoms with van der Waals surface area (Å²) in [6.45, 7) is 0. The van der Waals surface area contributed by atoms with Crippen LogP contribution in [0.2, 0.25) is 5.02 Å². The van der Waals surface area contributed by atoms with Crippen molar-refractivity contribution in [3.63, 3.8) is 0 Å². The summed E-state index contributed by atoms with van der Waals surface area (Å²) in [6.07, 6.45) is 2.35. The van der Waals surface area contributed by atoms with Crippen molar-refractivity contribution in [2.45, 2.75) is 10.8 Å². The van der Waals surface area contributed by atoms with Gasteiger partial charge in [0.15, 0.2) is 15.9 Å². The van der Waals surface area contributed by atoms with E-state index in [4.69, 9.17) is 11.6 Å². The third-order valence-corrected chi connectivity index (χ3v) is 5.40. The molecule has 0 amide bonds. The summed E-state index contributed by atoms with van der Waals surface area (Å²) < 4.78 is 0.919. The van der Waals surface area contributed by atoms with Gasteiger partial charge < -0.3 is 4.90 Å². The van der Waals surface area contributed by atoms with Crippen LogP contribution in [-0.2, 0) is 6.42 Å². The van der Waals surface area contributed by atoms with Gasteiger partial charge in [0.05, 0.1) is 0 Å². The number of hydrogen-bond donors (Lipinski definition) is 0. The van der Waals surface area contributed by atoms with E-state index in [0.717, 1.165) is 26.3 Å². The number of rotatable bonds is 1. The van der Waals surface area contributed by atoms with Crippen molar-refractivity contribution in [2.24, 2.45) is 0 Å². The molecule has 0 N–H and O–H groups in total. The number of thioether (sulfide) groups is 1. The summed E-state index contributed by atoms with van der Waals surface area (Å²) >= 11 is 9.04. The zero-order chi connectivity index (χ0) is 13.6. The van der Waals surface area contributed by atoms with Gasteiger partial charge in [-0.05, 0) is 30.0 Å². The maximum absolute atomic E-state index is 12.3. The lowest BCUT2D eigenvalue weighted by Crippen LogP contribution is -2.11. The Labute approximate surface area is 124 Å². The van der Waals surface area contributed by atoms with Gasteiger partial charge in [-0.3, -0.25) is 4.79 Å². The predicted octanol–water partition coefficient (Wildman–Crippen LogP) is 4.03. The fourth-order valence-corrected chi connectivity index (χ4v) is 3.90. The molecule has 0 spiro atoms. The van der Waals surface area contributed by atoms with Crippen LogP contribution in [0.3, 0.4) is 0 Å². The fraction of sp³-hybridized carbons (Fsp3) is 0.231. The number of thiazole rings is 1. The summed E-state index contributed by atoms with van der Waals surface area (Å²) in [5, 5.41) is 0.656. The number of benzene rings is 1. The van der Waals surface area contributed by atoms with E-state index in [-0.39, 0.29) is 5.78 Å². The first-order valence-corrected chi connectivity index (χ1v) is 8.12. The van der Waals surface area contributed by atoms with Gasteiger partial charge in [0.1, 0.15) is 4.88 Å². The molecule has 1 aromatic heterocycles. The normalized spacial score (nSPS) is 14.1. The average Bonchev–Trinajstić information content (AvgIpc) is 2.79. The molecule has 98 valence electrons. The predicted molar refractivity (Wildman–Crippen MR) is 81.4 cm³/mol. The highest BCUT2D eigenvalue weighted by Gasteiger charge is 2.27. The average molecular weight is 311 g/mol. The lowest BCUT2D eigenvalue weighted by molar-refractivity contribution is 0.0998. The van der Waals surface area contributed by atoms with Crippen LogP contribution in [-0.4, -0.2) is 24.1 Å². The zero-order valence-electron chi connectivity index (χ0n) is 10.4. The van der Waals surface area contributed by atoms with E-state index < -0.39 is 0 Å². The Balaban J connectivity index is 2.19. The molecule has 0 saturated heterocycles. The first kappa shape index (κ1) is 13.0. The van der Waals surface area contributed by atoms with Crippen molar-refractivity contribution in [1.29, 1.82) is 0 Å². The number of halogens is 1. The van der Waals surface area contributed by atoms with Gasteiger partial charge in [-0.25, -0.2) is 4.98 Å². The van der Waals surface area contributed by atoms with E-state index in [1.54, 1.807) is 11.8 Å². The van der Waals surface area contributed by atoms with Crippen molar-refractivity contribution in [1.82, 2.24) is 4.98 Å². The monoisotopic (exact) mass is 310 g/mol. The zero-order valence-corrected chi connectivity index (χ0v) is 12.8. The topological polar surface area (TPSA) is 33.2 Å². The molecule has 0 atom stereocenters. The van der Waals surface area contributed by atoms with E-state index in [1.165, 1.54) is 11.3 Å². The Morgan fingerprint density at radius 3 is 3.00 bits per heavy atom. The second-order valence-electron chi connectivity index (χ2n) is 4.27. The number of carbonyl (C=O) groups is 1. The van der Waals surface area contributed by atoms with Crippen molar-refractivity contribution >= 4 is 52.0 Å². The van der Waals surface area contributed by atoms with E-state index in [0.29, 0.717) is 11.4 Å². The number of hydrogen-bond acceptors (Lipinski definition) is 5. The van der Waals surface area contributed by atoms with Crippen LogP contribution in [0.5, 0.6) is 0 Å². The summed E-state index contributed by atoms with van der Waals surface area (Å²) in [5.74, 6) is 0.862. The minimum atomic E-state index is 0.112. The van der Waals surface area contributed by atoms with Gasteiger partial charge >= 0.3 is 0 Å². The molecular formula is C13H11ClN2OS2. The van der Waals surface area contributed by atoms with E-state index >= 15 is 0 Å².